The number of unbranched alkanes of at least 4 members (excludes halogenated alkanes) is 5. The van der Waals surface area contributed by atoms with Gasteiger partial charge in [-0.15, -0.1) is 0 Å². The fourth-order valence-electron chi connectivity index (χ4n) is 0.604. The minimum atomic E-state index is 0. The summed E-state index contributed by atoms with van der Waals surface area (Å²) in [6.45, 7) is 16.7. The summed E-state index contributed by atoms with van der Waals surface area (Å²) >= 11 is 0. The Labute approximate surface area is 104 Å². The molecule has 0 fully saturated rings. The van der Waals surface area contributed by atoms with Gasteiger partial charge in [-0.05, 0) is 0 Å². The van der Waals surface area contributed by atoms with E-state index in [2.05, 4.69) is 34.6 Å². The minimum absolute atomic E-state index is 0. The standard InChI is InChI=1S/C7H15.C4H9.C2H5.Cu/c1-3-5-7-6-4-2;1-3-4-2;1-2;/h1,3-7H2,2H3;1,3-4H2,2H3;1H2,2H3;/q3*-1;. The molecule has 1 radical (unpaired) electrons. The third-order valence-corrected chi connectivity index (χ3v) is 1.46. The Morgan fingerprint density at radius 3 is 1.36 bits per heavy atom. The molecule has 0 atom stereocenters. The smallest absolute Gasteiger partial charge is 0 e. The van der Waals surface area contributed by atoms with Gasteiger partial charge in [-0.2, -0.15) is 19.8 Å². The first-order valence-corrected chi connectivity index (χ1v) is 5.62. The maximum absolute atomic E-state index is 3.76. The van der Waals surface area contributed by atoms with E-state index in [1.54, 1.807) is 6.92 Å². The maximum atomic E-state index is 3.76. The Hall–Kier alpha value is 0.519. The summed E-state index contributed by atoms with van der Waals surface area (Å²) in [5, 5.41) is 0. The fourth-order valence-corrected chi connectivity index (χ4v) is 0.604. The van der Waals surface area contributed by atoms with Crippen LogP contribution >= 0.6 is 0 Å². The molecule has 0 N–H and O–H groups in total. The molecule has 0 aromatic heterocycles. The first kappa shape index (κ1) is 24.0. The average molecular weight is 249 g/mol. The van der Waals surface area contributed by atoms with Crippen LogP contribution in [-0.2, 0) is 17.1 Å². The van der Waals surface area contributed by atoms with Crippen molar-refractivity contribution in [2.45, 2.75) is 65.7 Å². The summed E-state index contributed by atoms with van der Waals surface area (Å²) in [4.78, 5) is 0. The minimum Gasteiger partial charge on any atom is -0.346 e. The van der Waals surface area contributed by atoms with Crippen molar-refractivity contribution in [2.75, 3.05) is 0 Å². The van der Waals surface area contributed by atoms with Crippen molar-refractivity contribution in [3.05, 3.63) is 20.8 Å². The molecular weight excluding hydrogens is 220 g/mol. The predicted octanol–water partition coefficient (Wildman–Crippen LogP) is 5.25. The molecule has 0 rings (SSSR count). The van der Waals surface area contributed by atoms with Crippen LogP contribution in [0.1, 0.15) is 65.7 Å². The van der Waals surface area contributed by atoms with E-state index in [0.29, 0.717) is 0 Å². The first-order chi connectivity index (χ1) is 6.33. The second-order valence-electron chi connectivity index (χ2n) is 2.77. The molecule has 0 aliphatic rings. The zero-order valence-electron chi connectivity index (χ0n) is 10.4. The molecule has 0 aliphatic heterocycles. The van der Waals surface area contributed by atoms with E-state index >= 15 is 0 Å². The first-order valence-electron chi connectivity index (χ1n) is 5.62. The van der Waals surface area contributed by atoms with Crippen LogP contribution in [-0.4, -0.2) is 0 Å². The van der Waals surface area contributed by atoms with Gasteiger partial charge in [0.05, 0.1) is 0 Å². The molecule has 0 nitrogen and oxygen atoms in total. The van der Waals surface area contributed by atoms with Gasteiger partial charge in [0, 0.05) is 17.1 Å². The molecule has 0 bridgehead atoms. The van der Waals surface area contributed by atoms with Crippen LogP contribution in [0.2, 0.25) is 0 Å². The van der Waals surface area contributed by atoms with Crippen LogP contribution in [0.25, 0.3) is 0 Å². The zero-order valence-corrected chi connectivity index (χ0v) is 11.3. The van der Waals surface area contributed by atoms with E-state index in [4.69, 9.17) is 0 Å². The Morgan fingerprint density at radius 1 is 0.714 bits per heavy atom. The summed E-state index contributed by atoms with van der Waals surface area (Å²) in [7, 11) is 0. The molecule has 0 saturated carbocycles. The molecule has 0 unspecified atom stereocenters. The van der Waals surface area contributed by atoms with Crippen molar-refractivity contribution in [2.24, 2.45) is 0 Å². The van der Waals surface area contributed by atoms with Crippen molar-refractivity contribution in [3.8, 4) is 0 Å². The molecule has 0 aliphatic carbocycles. The summed E-state index contributed by atoms with van der Waals surface area (Å²) in [5.74, 6) is 0. The van der Waals surface area contributed by atoms with Crippen molar-refractivity contribution in [3.63, 3.8) is 0 Å². The molecule has 14 heavy (non-hydrogen) atoms. The normalized spacial score (nSPS) is 7.29. The van der Waals surface area contributed by atoms with Gasteiger partial charge in [-0.25, -0.2) is 0 Å². The summed E-state index contributed by atoms with van der Waals surface area (Å²) < 4.78 is 0. The molecular formula is C13H29Cu-3. The van der Waals surface area contributed by atoms with E-state index in [9.17, 15) is 0 Å². The maximum Gasteiger partial charge on any atom is 0 e. The van der Waals surface area contributed by atoms with Crippen LogP contribution in [0, 0.1) is 20.8 Å². The number of hydrogen-bond donors (Lipinski definition) is 0. The van der Waals surface area contributed by atoms with E-state index in [-0.39, 0.29) is 17.1 Å². The summed E-state index contributed by atoms with van der Waals surface area (Å²) in [6.07, 6.45) is 8.80. The van der Waals surface area contributed by atoms with E-state index in [0.717, 1.165) is 12.8 Å². The molecule has 0 heterocycles. The predicted molar refractivity (Wildman–Crippen MR) is 65.4 cm³/mol. The Kier molecular flexibility index (Phi) is 64.2. The van der Waals surface area contributed by atoms with Gasteiger partial charge in [-0.3, -0.25) is 0 Å². The van der Waals surface area contributed by atoms with Crippen LogP contribution in [0.15, 0.2) is 0 Å². The van der Waals surface area contributed by atoms with Gasteiger partial charge in [0.1, 0.15) is 0 Å². The molecule has 0 amide bonds. The quantitative estimate of drug-likeness (QED) is 0.354. The fraction of sp³-hybridized carbons (Fsp3) is 0.769. The summed E-state index contributed by atoms with van der Waals surface area (Å²) in [5.41, 5.74) is 0. The topological polar surface area (TPSA) is 0 Å². The van der Waals surface area contributed by atoms with Crippen molar-refractivity contribution in [1.29, 1.82) is 0 Å². The third-order valence-electron chi connectivity index (χ3n) is 1.46. The van der Waals surface area contributed by atoms with Crippen LogP contribution in [0.4, 0.5) is 0 Å². The second-order valence-corrected chi connectivity index (χ2v) is 2.77. The van der Waals surface area contributed by atoms with Crippen LogP contribution in [0.5, 0.6) is 0 Å². The van der Waals surface area contributed by atoms with Crippen molar-refractivity contribution < 1.29 is 17.1 Å². The van der Waals surface area contributed by atoms with Gasteiger partial charge < -0.3 is 20.8 Å². The van der Waals surface area contributed by atoms with Gasteiger partial charge in [0.25, 0.3) is 0 Å². The Morgan fingerprint density at radius 2 is 1.14 bits per heavy atom. The Bertz CT molecular complexity index is 38.5. The second kappa shape index (κ2) is 37.5. The zero-order chi connectivity index (χ0) is 10.9. The molecule has 0 saturated heterocycles. The van der Waals surface area contributed by atoms with Gasteiger partial charge in [0.2, 0.25) is 0 Å². The average Bonchev–Trinajstić information content (AvgIpc) is 2.22. The summed E-state index contributed by atoms with van der Waals surface area (Å²) in [6, 6.07) is 0. The molecule has 0 aromatic rings. The molecule has 0 aromatic carbocycles. The van der Waals surface area contributed by atoms with E-state index in [1.807, 2.05) is 0 Å². The van der Waals surface area contributed by atoms with Crippen LogP contribution < -0.4 is 0 Å². The Balaban J connectivity index is -0.0000000620. The SMILES string of the molecule is [CH2-]C.[CH2-]CCC.[CH2-]CCCCCC.[Cu]. The van der Waals surface area contributed by atoms with Gasteiger partial charge >= 0.3 is 0 Å². The number of hydrogen-bond acceptors (Lipinski definition) is 0. The van der Waals surface area contributed by atoms with Gasteiger partial charge in [0.15, 0.2) is 0 Å². The number of rotatable bonds is 5. The molecule has 1 heteroatoms. The van der Waals surface area contributed by atoms with Crippen LogP contribution in [0.3, 0.4) is 0 Å². The van der Waals surface area contributed by atoms with Gasteiger partial charge in [-0.1, -0.05) is 46.0 Å². The van der Waals surface area contributed by atoms with E-state index < -0.39 is 0 Å². The third kappa shape index (κ3) is 54.5. The largest absolute Gasteiger partial charge is 0.346 e. The van der Waals surface area contributed by atoms with Crippen molar-refractivity contribution >= 4 is 0 Å². The van der Waals surface area contributed by atoms with Crippen molar-refractivity contribution in [1.82, 2.24) is 0 Å². The molecule has 95 valence electrons. The van der Waals surface area contributed by atoms with E-state index in [1.165, 1.54) is 32.1 Å². The molecule has 0 spiro atoms. The monoisotopic (exact) mass is 248 g/mol.